The van der Waals surface area contributed by atoms with E-state index in [0.717, 1.165) is 0 Å². The van der Waals surface area contributed by atoms with Crippen LogP contribution in [0, 0.1) is 0 Å². The average molecular weight is 310 g/mol. The van der Waals surface area contributed by atoms with Crippen LogP contribution in [0.5, 0.6) is 0 Å². The van der Waals surface area contributed by atoms with E-state index in [9.17, 15) is 4.79 Å². The second-order valence-corrected chi connectivity index (χ2v) is 4.78. The molecule has 0 unspecified atom stereocenters. The minimum absolute atomic E-state index is 0. The summed E-state index contributed by atoms with van der Waals surface area (Å²) >= 11 is 1.33. The summed E-state index contributed by atoms with van der Waals surface area (Å²) in [6.07, 6.45) is 1.67. The maximum atomic E-state index is 11.8. The normalized spacial score (nSPS) is 11.1. The van der Waals surface area contributed by atoms with Crippen molar-refractivity contribution in [2.75, 3.05) is 6.54 Å². The maximum Gasteiger partial charge on any atom is 0.258 e. The van der Waals surface area contributed by atoms with E-state index >= 15 is 0 Å². The molecule has 0 saturated heterocycles. The van der Waals surface area contributed by atoms with E-state index in [1.807, 2.05) is 18.2 Å². The lowest BCUT2D eigenvalue weighted by molar-refractivity contribution is -0.00000415. The number of nitrogens with two attached hydrogens (primary N) is 1. The molecule has 2 rings (SSSR count). The Morgan fingerprint density at radius 1 is 1.50 bits per heavy atom. The molecule has 106 valence electrons. The fourth-order valence-electron chi connectivity index (χ4n) is 1.55. The number of thioether (sulfide) groups is 1. The van der Waals surface area contributed by atoms with Crippen LogP contribution in [0.4, 0.5) is 0 Å². The monoisotopic (exact) mass is 309 g/mol. The van der Waals surface area contributed by atoms with E-state index in [1.54, 1.807) is 12.1 Å². The van der Waals surface area contributed by atoms with Crippen LogP contribution < -0.4 is 23.7 Å². The van der Waals surface area contributed by atoms with Crippen LogP contribution in [-0.4, -0.2) is 21.7 Å². The lowest BCUT2D eigenvalue weighted by Crippen LogP contribution is -3.00. The maximum absolute atomic E-state index is 11.8. The molecule has 0 fully saturated rings. The highest BCUT2D eigenvalue weighted by Crippen LogP contribution is 2.10. The van der Waals surface area contributed by atoms with Gasteiger partial charge in [-0.25, -0.2) is 4.98 Å². The number of fused-ring (bicyclic) bond motifs is 1. The number of aliphatic imine (C=N–C) groups is 1. The van der Waals surface area contributed by atoms with Crippen molar-refractivity contribution in [3.63, 3.8) is 0 Å². The number of H-pyrrole nitrogens is 1. The van der Waals surface area contributed by atoms with Gasteiger partial charge in [-0.3, -0.25) is 9.79 Å². The highest BCUT2D eigenvalue weighted by atomic mass is 35.5. The Morgan fingerprint density at radius 3 is 3.00 bits per heavy atom. The fourth-order valence-corrected chi connectivity index (χ4v) is 2.13. The molecule has 5 nitrogen and oxygen atoms in total. The highest BCUT2D eigenvalue weighted by molar-refractivity contribution is 8.13. The Hall–Kier alpha value is -1.79. The molecule has 0 atom stereocenters. The van der Waals surface area contributed by atoms with Gasteiger partial charge in [-0.2, -0.15) is 0 Å². The van der Waals surface area contributed by atoms with Crippen molar-refractivity contribution in [2.24, 2.45) is 10.7 Å². The molecule has 1 aromatic heterocycles. The number of aromatic amines is 1. The number of amidine groups is 1. The molecule has 0 radical (unpaired) electrons. The van der Waals surface area contributed by atoms with Gasteiger partial charge in [0.1, 0.15) is 5.82 Å². The first-order valence-corrected chi connectivity index (χ1v) is 6.71. The third-order valence-corrected chi connectivity index (χ3v) is 3.24. The Bertz CT molecular complexity index is 683. The molecular formula is C13H14ClN4OS-. The number of nitrogens with zero attached hydrogens (tertiary/aromatic N) is 2. The molecule has 0 bridgehead atoms. The van der Waals surface area contributed by atoms with Crippen molar-refractivity contribution in [1.29, 1.82) is 0 Å². The van der Waals surface area contributed by atoms with Crippen LogP contribution in [0.15, 0.2) is 46.7 Å². The number of halogens is 1. The molecule has 0 aliphatic heterocycles. The zero-order chi connectivity index (χ0) is 13.7. The largest absolute Gasteiger partial charge is 1.00 e. The Labute approximate surface area is 126 Å². The lowest BCUT2D eigenvalue weighted by Gasteiger charge is -2.02. The summed E-state index contributed by atoms with van der Waals surface area (Å²) in [7, 11) is 0. The Kier molecular flexibility index (Phi) is 6.27. The molecule has 0 amide bonds. The van der Waals surface area contributed by atoms with Crippen LogP contribution in [0.25, 0.3) is 10.9 Å². The highest BCUT2D eigenvalue weighted by Gasteiger charge is 2.04. The van der Waals surface area contributed by atoms with Gasteiger partial charge in [-0.15, -0.1) is 6.58 Å². The number of hydrogen-bond donors (Lipinski definition) is 2. The minimum Gasteiger partial charge on any atom is -1.00 e. The zero-order valence-electron chi connectivity index (χ0n) is 10.7. The summed E-state index contributed by atoms with van der Waals surface area (Å²) in [6.45, 7) is 4.05. The summed E-state index contributed by atoms with van der Waals surface area (Å²) in [4.78, 5) is 23.0. The summed E-state index contributed by atoms with van der Waals surface area (Å²) in [5.41, 5.74) is 6.25. The van der Waals surface area contributed by atoms with Crippen LogP contribution in [0.2, 0.25) is 0 Å². The van der Waals surface area contributed by atoms with Gasteiger partial charge in [0, 0.05) is 0 Å². The van der Waals surface area contributed by atoms with Crippen molar-refractivity contribution in [3.8, 4) is 0 Å². The second-order valence-electron chi connectivity index (χ2n) is 3.79. The van der Waals surface area contributed by atoms with Gasteiger partial charge in [0.2, 0.25) is 0 Å². The number of aromatic nitrogens is 2. The van der Waals surface area contributed by atoms with Gasteiger partial charge in [0.05, 0.1) is 23.2 Å². The summed E-state index contributed by atoms with van der Waals surface area (Å²) in [5, 5.41) is 1.04. The smallest absolute Gasteiger partial charge is 0.258 e. The minimum atomic E-state index is -0.136. The first-order chi connectivity index (χ1) is 9.20. The predicted octanol–water partition coefficient (Wildman–Crippen LogP) is -1.34. The van der Waals surface area contributed by atoms with Gasteiger partial charge < -0.3 is 23.1 Å². The molecule has 0 spiro atoms. The molecular weight excluding hydrogens is 296 g/mol. The summed E-state index contributed by atoms with van der Waals surface area (Å²) in [6, 6.07) is 7.23. The second kappa shape index (κ2) is 7.72. The molecule has 1 aromatic carbocycles. The van der Waals surface area contributed by atoms with E-state index in [-0.39, 0.29) is 18.0 Å². The van der Waals surface area contributed by atoms with Gasteiger partial charge in [0.15, 0.2) is 5.17 Å². The van der Waals surface area contributed by atoms with Gasteiger partial charge in [0.25, 0.3) is 5.56 Å². The summed E-state index contributed by atoms with van der Waals surface area (Å²) in [5.74, 6) is 1.07. The molecule has 20 heavy (non-hydrogen) atoms. The standard InChI is InChI=1S/C13H14N4OS.ClH/c1-2-7-15-13(14)19-8-11-16-10-6-4-3-5-9(10)12(18)17-11;/h2-6H,1,7-8H2,(H2,14,15)(H,16,17,18);1H/p-1. The molecule has 1 heterocycles. The van der Waals surface area contributed by atoms with Crippen LogP contribution >= 0.6 is 11.8 Å². The topological polar surface area (TPSA) is 84.1 Å². The summed E-state index contributed by atoms with van der Waals surface area (Å²) < 4.78 is 0. The zero-order valence-corrected chi connectivity index (χ0v) is 12.2. The van der Waals surface area contributed by atoms with Crippen molar-refractivity contribution in [1.82, 2.24) is 9.97 Å². The predicted molar refractivity (Wildman–Crippen MR) is 80.3 cm³/mol. The molecule has 0 aliphatic carbocycles. The van der Waals surface area contributed by atoms with E-state index < -0.39 is 0 Å². The van der Waals surface area contributed by atoms with E-state index in [1.165, 1.54) is 11.8 Å². The van der Waals surface area contributed by atoms with Crippen molar-refractivity contribution in [2.45, 2.75) is 5.75 Å². The van der Waals surface area contributed by atoms with E-state index in [4.69, 9.17) is 5.73 Å². The molecule has 3 N–H and O–H groups in total. The third-order valence-electron chi connectivity index (χ3n) is 2.39. The quantitative estimate of drug-likeness (QED) is 0.416. The van der Waals surface area contributed by atoms with Crippen molar-refractivity contribution in [3.05, 3.63) is 53.1 Å². The number of hydrogen-bond acceptors (Lipinski definition) is 4. The molecule has 7 heteroatoms. The van der Waals surface area contributed by atoms with Gasteiger partial charge in [-0.05, 0) is 12.1 Å². The van der Waals surface area contributed by atoms with Gasteiger partial charge in [-0.1, -0.05) is 30.0 Å². The van der Waals surface area contributed by atoms with Crippen LogP contribution in [0.1, 0.15) is 5.82 Å². The Balaban J connectivity index is 0.00000200. The molecule has 0 saturated carbocycles. The van der Waals surface area contributed by atoms with E-state index in [0.29, 0.717) is 34.2 Å². The number of para-hydroxylation sites is 1. The first-order valence-electron chi connectivity index (χ1n) is 5.72. The number of benzene rings is 1. The van der Waals surface area contributed by atoms with Crippen molar-refractivity contribution >= 4 is 27.8 Å². The average Bonchev–Trinajstić information content (AvgIpc) is 2.43. The fraction of sp³-hybridized carbons (Fsp3) is 0.154. The van der Waals surface area contributed by atoms with Gasteiger partial charge >= 0.3 is 0 Å². The SMILES string of the molecule is C=CCN=C(N)SCc1nc2ccccc2c(=O)[nH]1.[Cl-]. The molecule has 2 aromatic rings. The van der Waals surface area contributed by atoms with Crippen molar-refractivity contribution < 1.29 is 12.4 Å². The van der Waals surface area contributed by atoms with Crippen LogP contribution in [-0.2, 0) is 5.75 Å². The van der Waals surface area contributed by atoms with Crippen LogP contribution in [0.3, 0.4) is 0 Å². The van der Waals surface area contributed by atoms with E-state index in [2.05, 4.69) is 21.5 Å². The number of rotatable bonds is 4. The lowest BCUT2D eigenvalue weighted by atomic mass is 10.2. The first kappa shape index (κ1) is 16.3. The Morgan fingerprint density at radius 2 is 2.25 bits per heavy atom. The molecule has 0 aliphatic rings. The third kappa shape index (κ3) is 4.11. The number of nitrogens with one attached hydrogen (secondary N) is 1.